The number of hydrogen-bond donors (Lipinski definition) is 0. The maximum atomic E-state index is 5.09. The molecule has 0 aliphatic rings. The van der Waals surface area contributed by atoms with Crippen LogP contribution in [-0.4, -0.2) is 35.5 Å². The summed E-state index contributed by atoms with van der Waals surface area (Å²) in [6.07, 6.45) is 1.05. The van der Waals surface area contributed by atoms with E-state index >= 15 is 0 Å². The van der Waals surface area contributed by atoms with Crippen molar-refractivity contribution in [1.29, 1.82) is 0 Å². The van der Waals surface area contributed by atoms with Gasteiger partial charge in [-0.05, 0) is 24.1 Å². The second kappa shape index (κ2) is 6.75. The van der Waals surface area contributed by atoms with Gasteiger partial charge in [0.15, 0.2) is 0 Å². The van der Waals surface area contributed by atoms with Crippen molar-refractivity contribution in [2.75, 3.05) is 12.4 Å². The summed E-state index contributed by atoms with van der Waals surface area (Å²) in [4.78, 5) is 0. The van der Waals surface area contributed by atoms with Gasteiger partial charge in [0.1, 0.15) is 5.75 Å². The number of rotatable bonds is 3. The monoisotopic (exact) mass is 240 g/mol. The van der Waals surface area contributed by atoms with E-state index in [1.54, 1.807) is 7.11 Å². The zero-order chi connectivity index (χ0) is 8.10. The van der Waals surface area contributed by atoms with E-state index in [2.05, 4.69) is 28.1 Å². The Morgan fingerprint density at radius 1 is 1.50 bits per heavy atom. The van der Waals surface area contributed by atoms with Crippen LogP contribution in [0, 0.1) is 0 Å². The number of aryl methyl sites for hydroxylation is 1. The molecular weight excluding hydrogens is 228 g/mol. The molecule has 0 unspecified atom stereocenters. The van der Waals surface area contributed by atoms with Crippen molar-refractivity contribution in [3.8, 4) is 5.75 Å². The minimum absolute atomic E-state index is 0. The van der Waals surface area contributed by atoms with E-state index in [4.69, 9.17) is 4.74 Å². The first-order chi connectivity index (χ1) is 5.36. The summed E-state index contributed by atoms with van der Waals surface area (Å²) in [6.45, 7) is 0. The summed E-state index contributed by atoms with van der Waals surface area (Å²) < 4.78 is 5.09. The molecule has 0 bridgehead atoms. The van der Waals surface area contributed by atoms with Crippen LogP contribution >= 0.6 is 15.9 Å². The number of alkyl halides is 1. The number of benzene rings is 1. The fraction of sp³-hybridized carbons (Fsp3) is 0.333. The predicted octanol–water partition coefficient (Wildman–Crippen LogP) is 2.48. The summed E-state index contributed by atoms with van der Waals surface area (Å²) in [6, 6.07) is 8.12. The van der Waals surface area contributed by atoms with Gasteiger partial charge in [0.25, 0.3) is 0 Å². The van der Waals surface area contributed by atoms with Gasteiger partial charge in [-0.15, -0.1) is 0 Å². The molecule has 0 fully saturated rings. The minimum atomic E-state index is 0. The van der Waals surface area contributed by atoms with Crippen LogP contribution in [0.3, 0.4) is 0 Å². The molecule has 0 aliphatic carbocycles. The van der Waals surface area contributed by atoms with Crippen molar-refractivity contribution >= 4 is 39.0 Å². The number of halogens is 1. The van der Waals surface area contributed by atoms with Crippen molar-refractivity contribution < 1.29 is 7.59 Å². The topological polar surface area (TPSA) is 9.23 Å². The van der Waals surface area contributed by atoms with Gasteiger partial charge in [0, 0.05) is 5.33 Å². The second-order valence-corrected chi connectivity index (χ2v) is 3.08. The van der Waals surface area contributed by atoms with E-state index in [1.165, 1.54) is 5.56 Å². The van der Waals surface area contributed by atoms with Gasteiger partial charge in [0.05, 0.1) is 7.11 Å². The molecule has 0 radical (unpaired) electrons. The van der Waals surface area contributed by atoms with Crippen molar-refractivity contribution in [1.82, 2.24) is 0 Å². The molecule has 0 aromatic heterocycles. The Bertz CT molecular complexity index is 236. The van der Waals surface area contributed by atoms with Gasteiger partial charge in [-0.3, -0.25) is 0 Å². The molecule has 1 aromatic carbocycles. The number of methoxy groups -OCH3 is 1. The van der Waals surface area contributed by atoms with Crippen molar-refractivity contribution in [2.24, 2.45) is 0 Å². The maximum Gasteiger partial charge on any atom is 2.00 e. The Morgan fingerprint density at radius 3 is 2.83 bits per heavy atom. The molecule has 0 saturated carbocycles. The molecule has 0 atom stereocenters. The minimum Gasteiger partial charge on any atom is -1.00 e. The van der Waals surface area contributed by atoms with E-state index in [9.17, 15) is 0 Å². The summed E-state index contributed by atoms with van der Waals surface area (Å²) in [5.74, 6) is 0.934. The molecule has 0 aliphatic heterocycles. The molecule has 1 aromatic rings. The SMILES string of the molecule is COc1cccc(CCBr)c1.[H-].[H-].[Mg+2]. The van der Waals surface area contributed by atoms with Crippen LogP contribution in [0.2, 0.25) is 0 Å². The third-order valence-corrected chi connectivity index (χ3v) is 1.91. The average molecular weight is 241 g/mol. The van der Waals surface area contributed by atoms with Crippen molar-refractivity contribution in [3.63, 3.8) is 0 Å². The Kier molecular flexibility index (Phi) is 6.90. The van der Waals surface area contributed by atoms with Crippen LogP contribution in [-0.2, 0) is 6.42 Å². The summed E-state index contributed by atoms with van der Waals surface area (Å²) in [5, 5.41) is 1.00. The Morgan fingerprint density at radius 2 is 2.25 bits per heavy atom. The number of hydrogen-bond acceptors (Lipinski definition) is 1. The third kappa shape index (κ3) is 3.78. The molecule has 0 saturated heterocycles. The van der Waals surface area contributed by atoms with Gasteiger partial charge in [-0.2, -0.15) is 0 Å². The smallest absolute Gasteiger partial charge is 1.00 e. The van der Waals surface area contributed by atoms with E-state index in [-0.39, 0.29) is 25.9 Å². The molecule has 0 heterocycles. The fourth-order valence-electron chi connectivity index (χ4n) is 0.937. The van der Waals surface area contributed by atoms with Crippen LogP contribution in [0.25, 0.3) is 0 Å². The number of ether oxygens (including phenoxy) is 1. The molecular formula is C9H13BrMgO. The second-order valence-electron chi connectivity index (χ2n) is 2.29. The van der Waals surface area contributed by atoms with Gasteiger partial charge >= 0.3 is 23.1 Å². The Labute approximate surface area is 101 Å². The van der Waals surface area contributed by atoms with Gasteiger partial charge in [-0.1, -0.05) is 28.1 Å². The molecule has 1 rings (SSSR count). The quantitative estimate of drug-likeness (QED) is 0.583. The van der Waals surface area contributed by atoms with E-state index in [1.807, 2.05) is 12.1 Å². The van der Waals surface area contributed by atoms with E-state index in [0.29, 0.717) is 0 Å². The van der Waals surface area contributed by atoms with Crippen LogP contribution in [0.4, 0.5) is 0 Å². The molecule has 1 nitrogen and oxygen atoms in total. The molecule has 0 amide bonds. The zero-order valence-corrected chi connectivity index (χ0v) is 10.2. The summed E-state index contributed by atoms with van der Waals surface area (Å²) >= 11 is 3.39. The predicted molar refractivity (Wildman–Crippen MR) is 58.5 cm³/mol. The summed E-state index contributed by atoms with van der Waals surface area (Å²) in [5.41, 5.74) is 1.31. The Balaban J connectivity index is -0.000000403. The van der Waals surface area contributed by atoms with Crippen molar-refractivity contribution in [3.05, 3.63) is 29.8 Å². The van der Waals surface area contributed by atoms with Crippen LogP contribution < -0.4 is 4.74 Å². The molecule has 3 heteroatoms. The molecule has 64 valence electrons. The molecule has 0 N–H and O–H groups in total. The van der Waals surface area contributed by atoms with Crippen molar-refractivity contribution in [2.45, 2.75) is 6.42 Å². The zero-order valence-electron chi connectivity index (χ0n) is 9.22. The van der Waals surface area contributed by atoms with E-state index in [0.717, 1.165) is 17.5 Å². The largest absolute Gasteiger partial charge is 2.00 e. The first-order valence-electron chi connectivity index (χ1n) is 3.55. The van der Waals surface area contributed by atoms with Gasteiger partial charge in [-0.25, -0.2) is 0 Å². The standard InChI is InChI=1S/C9H11BrO.Mg.2H/c1-11-9-4-2-3-8(7-9)5-6-10;;;/h2-4,7H,5-6H2,1H3;;;/q;+2;2*-1. The first kappa shape index (κ1) is 12.3. The van der Waals surface area contributed by atoms with Crippen LogP contribution in [0.15, 0.2) is 24.3 Å². The molecule has 12 heavy (non-hydrogen) atoms. The Hall–Kier alpha value is 0.266. The summed E-state index contributed by atoms with van der Waals surface area (Å²) in [7, 11) is 1.69. The van der Waals surface area contributed by atoms with Crippen LogP contribution in [0.5, 0.6) is 5.75 Å². The third-order valence-electron chi connectivity index (χ3n) is 1.52. The average Bonchev–Trinajstić information content (AvgIpc) is 2.06. The normalized spacial score (nSPS) is 8.83. The maximum absolute atomic E-state index is 5.09. The molecule has 0 spiro atoms. The fourth-order valence-corrected chi connectivity index (χ4v) is 1.39. The van der Waals surface area contributed by atoms with Gasteiger partial charge in [0.2, 0.25) is 0 Å². The first-order valence-corrected chi connectivity index (χ1v) is 4.68. The van der Waals surface area contributed by atoms with Crippen LogP contribution in [0.1, 0.15) is 8.42 Å². The van der Waals surface area contributed by atoms with E-state index < -0.39 is 0 Å². The van der Waals surface area contributed by atoms with Gasteiger partial charge < -0.3 is 7.59 Å².